The van der Waals surface area contributed by atoms with E-state index < -0.39 is 0 Å². The molecule has 6 aliphatic carbocycles. The highest BCUT2D eigenvalue weighted by Gasteiger charge is 2.63. The van der Waals surface area contributed by atoms with Crippen LogP contribution >= 0.6 is 0 Å². The summed E-state index contributed by atoms with van der Waals surface area (Å²) in [6, 6.07) is 0. The Balaban J connectivity index is 1.17. The van der Waals surface area contributed by atoms with Gasteiger partial charge in [-0.15, -0.1) is 0 Å². The summed E-state index contributed by atoms with van der Waals surface area (Å²) in [6.45, 7) is 4.40. The van der Waals surface area contributed by atoms with Gasteiger partial charge in [-0.1, -0.05) is 18.6 Å². The highest BCUT2D eigenvalue weighted by atomic mass is 16.6. The molecule has 0 aliphatic heterocycles. The molecular weight excluding hydrogens is 308 g/mol. The number of fused-ring (bicyclic) bond motifs is 11. The predicted molar refractivity (Wildman–Crippen MR) is 96.5 cm³/mol. The molecule has 6 rings (SSSR count). The van der Waals surface area contributed by atoms with Crippen LogP contribution in [0.15, 0.2) is 12.2 Å². The van der Waals surface area contributed by atoms with Crippen LogP contribution in [0, 0.1) is 59.2 Å². The zero-order valence-electron chi connectivity index (χ0n) is 15.7. The third-order valence-electron chi connectivity index (χ3n) is 9.57. The fourth-order valence-corrected chi connectivity index (χ4v) is 8.79. The molecule has 0 aromatic rings. The van der Waals surface area contributed by atoms with Gasteiger partial charge >= 0.3 is 5.97 Å². The molecule has 0 aromatic heterocycles. The number of hydrogen-bond acceptors (Lipinski definition) is 2. The van der Waals surface area contributed by atoms with E-state index >= 15 is 0 Å². The van der Waals surface area contributed by atoms with Crippen LogP contribution in [0.3, 0.4) is 0 Å². The monoisotopic (exact) mass is 340 g/mol. The van der Waals surface area contributed by atoms with Crippen molar-refractivity contribution in [2.24, 2.45) is 59.2 Å². The van der Waals surface area contributed by atoms with Crippen molar-refractivity contribution in [1.82, 2.24) is 0 Å². The van der Waals surface area contributed by atoms with Crippen LogP contribution in [-0.2, 0) is 9.53 Å². The van der Waals surface area contributed by atoms with Crippen LogP contribution in [0.2, 0.25) is 0 Å². The van der Waals surface area contributed by atoms with Crippen molar-refractivity contribution in [3.8, 4) is 0 Å². The molecule has 25 heavy (non-hydrogen) atoms. The van der Waals surface area contributed by atoms with E-state index in [1.807, 2.05) is 0 Å². The van der Waals surface area contributed by atoms with Crippen molar-refractivity contribution in [1.29, 1.82) is 0 Å². The summed E-state index contributed by atoms with van der Waals surface area (Å²) in [7, 11) is 0. The van der Waals surface area contributed by atoms with Crippen LogP contribution < -0.4 is 0 Å². The lowest BCUT2D eigenvalue weighted by molar-refractivity contribution is -0.172. The minimum absolute atomic E-state index is 0.158. The molecule has 5 fully saturated rings. The SMILES string of the molecule is CC(C)(OC(=O)C1CC2CC1C1C3C=CC(C3)C21)C1CC2CCC1C2. The Morgan fingerprint density at radius 1 is 0.920 bits per heavy atom. The minimum atomic E-state index is -0.257. The average molecular weight is 341 g/mol. The molecule has 6 bridgehead atoms. The fourth-order valence-electron chi connectivity index (χ4n) is 8.79. The lowest BCUT2D eigenvalue weighted by Gasteiger charge is -2.40. The molecule has 0 amide bonds. The van der Waals surface area contributed by atoms with Crippen LogP contribution in [0.25, 0.3) is 0 Å². The van der Waals surface area contributed by atoms with Gasteiger partial charge in [0.1, 0.15) is 5.60 Å². The number of rotatable bonds is 3. The molecule has 0 aromatic carbocycles. The maximum absolute atomic E-state index is 13.2. The Morgan fingerprint density at radius 3 is 2.44 bits per heavy atom. The normalized spacial score (nSPS) is 54.5. The molecule has 2 nitrogen and oxygen atoms in total. The van der Waals surface area contributed by atoms with E-state index in [0.29, 0.717) is 11.8 Å². The zero-order chi connectivity index (χ0) is 16.9. The summed E-state index contributed by atoms with van der Waals surface area (Å²) in [5.74, 6) is 7.45. The van der Waals surface area contributed by atoms with Crippen LogP contribution in [0.5, 0.6) is 0 Å². The van der Waals surface area contributed by atoms with E-state index in [2.05, 4.69) is 26.0 Å². The van der Waals surface area contributed by atoms with Crippen molar-refractivity contribution in [2.45, 2.75) is 64.4 Å². The van der Waals surface area contributed by atoms with Gasteiger partial charge in [0.2, 0.25) is 0 Å². The van der Waals surface area contributed by atoms with Gasteiger partial charge in [0.25, 0.3) is 0 Å². The van der Waals surface area contributed by atoms with Gasteiger partial charge in [-0.3, -0.25) is 4.79 Å². The number of esters is 1. The van der Waals surface area contributed by atoms with Crippen LogP contribution in [0.1, 0.15) is 58.8 Å². The third-order valence-corrected chi connectivity index (χ3v) is 9.57. The van der Waals surface area contributed by atoms with Crippen molar-refractivity contribution >= 4 is 5.97 Å². The van der Waals surface area contributed by atoms with E-state index in [9.17, 15) is 4.79 Å². The predicted octanol–water partition coefficient (Wildman–Crippen LogP) is 4.84. The Kier molecular flexibility index (Phi) is 3.01. The Hall–Kier alpha value is -0.790. The van der Waals surface area contributed by atoms with Crippen molar-refractivity contribution in [3.05, 3.63) is 12.2 Å². The number of hydrogen-bond donors (Lipinski definition) is 0. The largest absolute Gasteiger partial charge is 0.459 e. The standard InChI is InChI=1S/C23H32O2/c1-23(2,19-8-12-3-4-13(19)7-12)25-22(24)18-11-16-10-17(18)21-15-6-5-14(9-15)20(16)21/h5-6,12-21H,3-4,7-11H2,1-2H3. The molecule has 0 saturated heterocycles. The second-order valence-electron chi connectivity index (χ2n) is 10.9. The number of allylic oxidation sites excluding steroid dienone is 2. The first kappa shape index (κ1) is 15.3. The maximum Gasteiger partial charge on any atom is 0.309 e. The van der Waals surface area contributed by atoms with Crippen molar-refractivity contribution in [3.63, 3.8) is 0 Å². The highest BCUT2D eigenvalue weighted by Crippen LogP contribution is 2.67. The Labute approximate surface area is 151 Å². The first-order valence-corrected chi connectivity index (χ1v) is 10.9. The zero-order valence-corrected chi connectivity index (χ0v) is 15.7. The van der Waals surface area contributed by atoms with E-state index in [0.717, 1.165) is 47.8 Å². The van der Waals surface area contributed by atoms with Gasteiger partial charge in [-0.05, 0) is 99.7 Å². The van der Waals surface area contributed by atoms with E-state index in [1.54, 1.807) is 0 Å². The lowest BCUT2D eigenvalue weighted by Crippen LogP contribution is -2.43. The van der Waals surface area contributed by atoms with Gasteiger partial charge < -0.3 is 4.74 Å². The summed E-state index contributed by atoms with van der Waals surface area (Å²) in [6.07, 6.45) is 14.2. The Morgan fingerprint density at radius 2 is 1.72 bits per heavy atom. The summed E-state index contributed by atoms with van der Waals surface area (Å²) < 4.78 is 6.28. The summed E-state index contributed by atoms with van der Waals surface area (Å²) in [4.78, 5) is 13.2. The molecule has 0 radical (unpaired) electrons. The van der Waals surface area contributed by atoms with E-state index in [1.165, 1.54) is 38.5 Å². The van der Waals surface area contributed by atoms with Crippen molar-refractivity contribution in [2.75, 3.05) is 0 Å². The second kappa shape index (κ2) is 4.93. The van der Waals surface area contributed by atoms with E-state index in [4.69, 9.17) is 4.74 Å². The molecule has 136 valence electrons. The third kappa shape index (κ3) is 2.00. The van der Waals surface area contributed by atoms with Gasteiger partial charge in [0.15, 0.2) is 0 Å². The van der Waals surface area contributed by atoms with Gasteiger partial charge in [0, 0.05) is 5.92 Å². The number of carbonyl (C=O) groups is 1. The lowest BCUT2D eigenvalue weighted by atomic mass is 9.69. The number of carbonyl (C=O) groups excluding carboxylic acids is 1. The molecule has 6 aliphatic rings. The molecule has 0 N–H and O–H groups in total. The molecule has 10 unspecified atom stereocenters. The molecular formula is C23H32O2. The quantitative estimate of drug-likeness (QED) is 0.417. The smallest absolute Gasteiger partial charge is 0.309 e. The second-order valence-corrected chi connectivity index (χ2v) is 10.9. The van der Waals surface area contributed by atoms with Crippen LogP contribution in [-0.4, -0.2) is 11.6 Å². The minimum Gasteiger partial charge on any atom is -0.459 e. The first-order valence-electron chi connectivity index (χ1n) is 10.9. The summed E-state index contributed by atoms with van der Waals surface area (Å²) in [5, 5.41) is 0. The van der Waals surface area contributed by atoms with Gasteiger partial charge in [-0.2, -0.15) is 0 Å². The van der Waals surface area contributed by atoms with Crippen LogP contribution in [0.4, 0.5) is 0 Å². The molecule has 0 heterocycles. The topological polar surface area (TPSA) is 26.3 Å². The summed E-state index contributed by atoms with van der Waals surface area (Å²) in [5.41, 5.74) is -0.257. The van der Waals surface area contributed by atoms with Crippen molar-refractivity contribution < 1.29 is 9.53 Å². The highest BCUT2D eigenvalue weighted by molar-refractivity contribution is 5.74. The van der Waals surface area contributed by atoms with Gasteiger partial charge in [0.05, 0.1) is 5.92 Å². The molecule has 2 heteroatoms. The maximum atomic E-state index is 13.2. The molecule has 0 spiro atoms. The van der Waals surface area contributed by atoms with Gasteiger partial charge in [-0.25, -0.2) is 0 Å². The fraction of sp³-hybridized carbons (Fsp3) is 0.870. The molecule has 10 atom stereocenters. The summed E-state index contributed by atoms with van der Waals surface area (Å²) >= 11 is 0. The molecule has 5 saturated carbocycles. The first-order chi connectivity index (χ1) is 12.0. The van der Waals surface area contributed by atoms with E-state index in [-0.39, 0.29) is 17.5 Å². The number of ether oxygens (including phenoxy) is 1. The average Bonchev–Trinajstić information content (AvgIpc) is 3.41. The Bertz CT molecular complexity index is 634.